The van der Waals surface area contributed by atoms with Crippen LogP contribution in [0.1, 0.15) is 39.5 Å². The molecular formula is C12H20O4. The first-order valence-corrected chi connectivity index (χ1v) is 5.55. The number of carbonyl (C=O) groups excluding carboxylic acids is 2. The second-order valence-corrected chi connectivity index (χ2v) is 5.10. The van der Waals surface area contributed by atoms with Crippen molar-refractivity contribution in [1.29, 1.82) is 0 Å². The number of hydrogen-bond acceptors (Lipinski definition) is 4. The van der Waals surface area contributed by atoms with Gasteiger partial charge in [0.1, 0.15) is 0 Å². The first kappa shape index (κ1) is 13.0. The van der Waals surface area contributed by atoms with Crippen LogP contribution in [0.3, 0.4) is 0 Å². The van der Waals surface area contributed by atoms with Gasteiger partial charge in [-0.05, 0) is 39.5 Å². The van der Waals surface area contributed by atoms with Crippen molar-refractivity contribution < 1.29 is 19.1 Å². The number of esters is 2. The highest BCUT2D eigenvalue weighted by Crippen LogP contribution is 2.46. The van der Waals surface area contributed by atoms with E-state index >= 15 is 0 Å². The number of methoxy groups -OCH3 is 2. The monoisotopic (exact) mass is 228 g/mol. The van der Waals surface area contributed by atoms with Crippen molar-refractivity contribution in [3.8, 4) is 0 Å². The number of rotatable bonds is 2. The van der Waals surface area contributed by atoms with E-state index in [4.69, 9.17) is 9.47 Å². The molecule has 0 heterocycles. The molecule has 1 aliphatic carbocycles. The van der Waals surface area contributed by atoms with Gasteiger partial charge in [0.15, 0.2) is 0 Å². The third-order valence-corrected chi connectivity index (χ3v) is 3.81. The van der Waals surface area contributed by atoms with Gasteiger partial charge in [0.05, 0.1) is 25.0 Å². The van der Waals surface area contributed by atoms with Crippen molar-refractivity contribution >= 4 is 11.9 Å². The van der Waals surface area contributed by atoms with Crippen LogP contribution >= 0.6 is 0 Å². The Kier molecular flexibility index (Phi) is 3.61. The van der Waals surface area contributed by atoms with E-state index in [0.717, 1.165) is 0 Å². The molecule has 0 aliphatic heterocycles. The average molecular weight is 228 g/mol. The lowest BCUT2D eigenvalue weighted by atomic mass is 9.65. The molecule has 0 aromatic rings. The van der Waals surface area contributed by atoms with Crippen molar-refractivity contribution in [2.45, 2.75) is 39.5 Å². The summed E-state index contributed by atoms with van der Waals surface area (Å²) in [5.74, 6) is -0.362. The van der Waals surface area contributed by atoms with Crippen LogP contribution in [0.15, 0.2) is 0 Å². The maximum absolute atomic E-state index is 11.6. The fourth-order valence-corrected chi connectivity index (χ4v) is 2.25. The summed E-state index contributed by atoms with van der Waals surface area (Å²) in [7, 11) is 2.81. The Morgan fingerprint density at radius 2 is 1.06 bits per heavy atom. The lowest BCUT2D eigenvalue weighted by Gasteiger charge is -2.39. The van der Waals surface area contributed by atoms with E-state index in [1.54, 1.807) is 0 Å². The molecule has 0 atom stereocenters. The molecule has 0 unspecified atom stereocenters. The molecule has 0 bridgehead atoms. The van der Waals surface area contributed by atoms with Crippen molar-refractivity contribution in [2.24, 2.45) is 10.8 Å². The highest BCUT2D eigenvalue weighted by Gasteiger charge is 2.46. The van der Waals surface area contributed by atoms with Crippen LogP contribution in [0.2, 0.25) is 0 Å². The Morgan fingerprint density at radius 3 is 1.25 bits per heavy atom. The van der Waals surface area contributed by atoms with E-state index in [9.17, 15) is 9.59 Å². The zero-order chi connectivity index (χ0) is 12.4. The van der Waals surface area contributed by atoms with Gasteiger partial charge in [-0.25, -0.2) is 0 Å². The molecule has 92 valence electrons. The summed E-state index contributed by atoms with van der Waals surface area (Å²) in [4.78, 5) is 23.2. The molecule has 1 fully saturated rings. The molecule has 1 aliphatic rings. The van der Waals surface area contributed by atoms with E-state index in [-0.39, 0.29) is 11.9 Å². The lowest BCUT2D eigenvalue weighted by Crippen LogP contribution is -2.41. The Labute approximate surface area is 96.3 Å². The van der Waals surface area contributed by atoms with Crippen molar-refractivity contribution in [3.63, 3.8) is 0 Å². The summed E-state index contributed by atoms with van der Waals surface area (Å²) in [6.45, 7) is 3.80. The maximum atomic E-state index is 11.6. The SMILES string of the molecule is COC(=O)C1(C)CCC(C)(C(=O)OC)CC1. The molecule has 0 amide bonds. The third-order valence-electron chi connectivity index (χ3n) is 3.81. The third kappa shape index (κ3) is 2.20. The Morgan fingerprint density at radius 1 is 0.812 bits per heavy atom. The Bertz CT molecular complexity index is 257. The minimum atomic E-state index is -0.442. The minimum Gasteiger partial charge on any atom is -0.469 e. The van der Waals surface area contributed by atoms with E-state index in [1.165, 1.54) is 14.2 Å². The second kappa shape index (κ2) is 4.44. The van der Waals surface area contributed by atoms with Gasteiger partial charge in [-0.15, -0.1) is 0 Å². The Balaban J connectivity index is 2.70. The van der Waals surface area contributed by atoms with Crippen LogP contribution < -0.4 is 0 Å². The van der Waals surface area contributed by atoms with E-state index in [1.807, 2.05) is 13.8 Å². The van der Waals surface area contributed by atoms with Gasteiger partial charge in [0.2, 0.25) is 0 Å². The number of hydrogen-bond donors (Lipinski definition) is 0. The lowest BCUT2D eigenvalue weighted by molar-refractivity contribution is -0.162. The molecule has 1 rings (SSSR count). The van der Waals surface area contributed by atoms with Gasteiger partial charge < -0.3 is 9.47 Å². The highest BCUT2D eigenvalue weighted by atomic mass is 16.5. The highest BCUT2D eigenvalue weighted by molar-refractivity contribution is 5.79. The fraction of sp³-hybridized carbons (Fsp3) is 0.833. The van der Waals surface area contributed by atoms with E-state index in [0.29, 0.717) is 25.7 Å². The number of carbonyl (C=O) groups is 2. The zero-order valence-electron chi connectivity index (χ0n) is 10.5. The predicted molar refractivity (Wildman–Crippen MR) is 58.7 cm³/mol. The topological polar surface area (TPSA) is 52.6 Å². The maximum Gasteiger partial charge on any atom is 0.311 e. The van der Waals surface area contributed by atoms with Crippen LogP contribution in [0.5, 0.6) is 0 Å². The molecule has 0 aromatic heterocycles. The average Bonchev–Trinajstić information content (AvgIpc) is 2.31. The molecule has 16 heavy (non-hydrogen) atoms. The molecule has 0 aromatic carbocycles. The van der Waals surface area contributed by atoms with Gasteiger partial charge in [-0.2, -0.15) is 0 Å². The quantitative estimate of drug-likeness (QED) is 0.677. The summed E-state index contributed by atoms with van der Waals surface area (Å²) in [5.41, 5.74) is -0.884. The zero-order valence-corrected chi connectivity index (χ0v) is 10.5. The largest absolute Gasteiger partial charge is 0.469 e. The molecule has 0 spiro atoms. The summed E-state index contributed by atoms with van der Waals surface area (Å²) < 4.78 is 9.59. The fourth-order valence-electron chi connectivity index (χ4n) is 2.25. The minimum absolute atomic E-state index is 0.181. The Hall–Kier alpha value is -1.06. The molecular weight excluding hydrogens is 208 g/mol. The van der Waals surface area contributed by atoms with Crippen LogP contribution in [-0.2, 0) is 19.1 Å². The van der Waals surface area contributed by atoms with Gasteiger partial charge in [0.25, 0.3) is 0 Å². The van der Waals surface area contributed by atoms with Crippen LogP contribution in [0.25, 0.3) is 0 Å². The molecule has 1 saturated carbocycles. The second-order valence-electron chi connectivity index (χ2n) is 5.10. The van der Waals surface area contributed by atoms with Gasteiger partial charge in [0, 0.05) is 0 Å². The summed E-state index contributed by atoms with van der Waals surface area (Å²) in [5, 5.41) is 0. The van der Waals surface area contributed by atoms with Gasteiger partial charge >= 0.3 is 11.9 Å². The predicted octanol–water partition coefficient (Wildman–Crippen LogP) is 1.92. The summed E-state index contributed by atoms with van der Waals surface area (Å²) in [6, 6.07) is 0. The van der Waals surface area contributed by atoms with Crippen molar-refractivity contribution in [2.75, 3.05) is 14.2 Å². The number of ether oxygens (including phenoxy) is 2. The molecule has 0 N–H and O–H groups in total. The van der Waals surface area contributed by atoms with E-state index < -0.39 is 10.8 Å². The molecule has 4 nitrogen and oxygen atoms in total. The standard InChI is InChI=1S/C12H20O4/c1-11(9(13)15-3)5-7-12(2,8-6-11)10(14)16-4/h5-8H2,1-4H3. The van der Waals surface area contributed by atoms with E-state index in [2.05, 4.69) is 0 Å². The summed E-state index contributed by atoms with van der Waals surface area (Å²) in [6.07, 6.45) is 2.69. The molecule has 4 heteroatoms. The van der Waals surface area contributed by atoms with Gasteiger partial charge in [-0.3, -0.25) is 9.59 Å². The van der Waals surface area contributed by atoms with Crippen molar-refractivity contribution in [1.82, 2.24) is 0 Å². The van der Waals surface area contributed by atoms with Crippen LogP contribution in [0.4, 0.5) is 0 Å². The normalized spacial score (nSPS) is 34.2. The van der Waals surface area contributed by atoms with Crippen LogP contribution in [0, 0.1) is 10.8 Å². The van der Waals surface area contributed by atoms with Crippen LogP contribution in [-0.4, -0.2) is 26.2 Å². The molecule has 0 radical (unpaired) electrons. The summed E-state index contributed by atoms with van der Waals surface area (Å²) >= 11 is 0. The first-order valence-electron chi connectivity index (χ1n) is 5.55. The first-order chi connectivity index (χ1) is 7.38. The molecule has 0 saturated heterocycles. The smallest absolute Gasteiger partial charge is 0.311 e. The van der Waals surface area contributed by atoms with Gasteiger partial charge in [-0.1, -0.05) is 0 Å². The van der Waals surface area contributed by atoms with Crippen molar-refractivity contribution in [3.05, 3.63) is 0 Å².